The lowest BCUT2D eigenvalue weighted by atomic mass is 10.0. The Balaban J connectivity index is 1.82. The number of fused-ring (bicyclic) bond motifs is 1. The Morgan fingerprint density at radius 1 is 0.913 bits per heavy atom. The molecule has 0 saturated heterocycles. The van der Waals surface area contributed by atoms with Crippen molar-refractivity contribution in [2.75, 3.05) is 40.6 Å². The predicted molar refractivity (Wildman–Crippen MR) is 87.9 cm³/mol. The molecule has 2 aromatic rings. The Bertz CT molecular complexity index is 638. The molecule has 2 rings (SSSR count). The fourth-order valence-corrected chi connectivity index (χ4v) is 2.19. The number of ether oxygens (including phenoxy) is 4. The van der Waals surface area contributed by atoms with Crippen LogP contribution < -0.4 is 4.74 Å². The third-order valence-corrected chi connectivity index (χ3v) is 3.38. The lowest BCUT2D eigenvalue weighted by molar-refractivity contribution is -0.144. The SMILES string of the molecule is COCCOCCOC(=O)Cc1ccc2cc(OC)ccc2c1. The zero-order valence-corrected chi connectivity index (χ0v) is 13.5. The maximum atomic E-state index is 11.8. The molecule has 5 heteroatoms. The zero-order valence-electron chi connectivity index (χ0n) is 13.5. The summed E-state index contributed by atoms with van der Waals surface area (Å²) in [5, 5.41) is 2.15. The first kappa shape index (κ1) is 17.2. The van der Waals surface area contributed by atoms with E-state index in [1.54, 1.807) is 14.2 Å². The fourth-order valence-electron chi connectivity index (χ4n) is 2.19. The van der Waals surface area contributed by atoms with Crippen molar-refractivity contribution in [3.63, 3.8) is 0 Å². The van der Waals surface area contributed by atoms with Gasteiger partial charge in [0, 0.05) is 7.11 Å². The molecular weight excluding hydrogens is 296 g/mol. The van der Waals surface area contributed by atoms with Gasteiger partial charge in [-0.3, -0.25) is 4.79 Å². The van der Waals surface area contributed by atoms with Crippen LogP contribution in [0.5, 0.6) is 5.75 Å². The van der Waals surface area contributed by atoms with Crippen LogP contribution in [0.15, 0.2) is 36.4 Å². The van der Waals surface area contributed by atoms with Crippen LogP contribution in [0.1, 0.15) is 5.56 Å². The molecule has 0 aliphatic rings. The largest absolute Gasteiger partial charge is 0.497 e. The summed E-state index contributed by atoms with van der Waals surface area (Å²) in [4.78, 5) is 11.8. The molecule has 5 nitrogen and oxygen atoms in total. The van der Waals surface area contributed by atoms with Gasteiger partial charge in [-0.15, -0.1) is 0 Å². The summed E-state index contributed by atoms with van der Waals surface area (Å²) < 4.78 is 20.5. The molecule has 0 amide bonds. The van der Waals surface area contributed by atoms with Gasteiger partial charge in [-0.1, -0.05) is 24.3 Å². The molecule has 0 spiro atoms. The molecule has 0 N–H and O–H groups in total. The van der Waals surface area contributed by atoms with Crippen LogP contribution in [0, 0.1) is 0 Å². The van der Waals surface area contributed by atoms with Crippen LogP contribution in [0.4, 0.5) is 0 Å². The van der Waals surface area contributed by atoms with Crippen LogP contribution in [0.25, 0.3) is 10.8 Å². The molecule has 0 heterocycles. The second kappa shape index (κ2) is 9.12. The average Bonchev–Trinajstić information content (AvgIpc) is 2.57. The summed E-state index contributed by atoms with van der Waals surface area (Å²) >= 11 is 0. The third-order valence-electron chi connectivity index (χ3n) is 3.38. The van der Waals surface area contributed by atoms with Gasteiger partial charge in [0.25, 0.3) is 0 Å². The summed E-state index contributed by atoms with van der Waals surface area (Å²) in [5.74, 6) is 0.561. The minimum absolute atomic E-state index is 0.250. The minimum atomic E-state index is -0.256. The smallest absolute Gasteiger partial charge is 0.310 e. The molecule has 2 aromatic carbocycles. The highest BCUT2D eigenvalue weighted by Gasteiger charge is 2.06. The summed E-state index contributed by atoms with van der Waals surface area (Å²) in [6.45, 7) is 1.68. The lowest BCUT2D eigenvalue weighted by Gasteiger charge is -2.07. The van der Waals surface area contributed by atoms with E-state index in [1.807, 2.05) is 36.4 Å². The van der Waals surface area contributed by atoms with Crippen molar-refractivity contribution >= 4 is 16.7 Å². The Morgan fingerprint density at radius 2 is 1.65 bits per heavy atom. The summed E-state index contributed by atoms with van der Waals surface area (Å²) in [6, 6.07) is 11.8. The van der Waals surface area contributed by atoms with E-state index in [0.717, 1.165) is 22.1 Å². The van der Waals surface area contributed by atoms with Gasteiger partial charge in [0.2, 0.25) is 0 Å². The molecule has 0 aromatic heterocycles. The van der Waals surface area contributed by atoms with Gasteiger partial charge >= 0.3 is 5.97 Å². The quantitative estimate of drug-likeness (QED) is 0.525. The normalized spacial score (nSPS) is 10.7. The maximum absolute atomic E-state index is 11.8. The van der Waals surface area contributed by atoms with Crippen molar-refractivity contribution in [3.05, 3.63) is 42.0 Å². The first-order chi connectivity index (χ1) is 11.2. The number of esters is 1. The molecule has 0 atom stereocenters. The van der Waals surface area contributed by atoms with E-state index in [0.29, 0.717) is 19.8 Å². The Morgan fingerprint density at radius 3 is 2.43 bits per heavy atom. The van der Waals surface area contributed by atoms with Gasteiger partial charge in [0.1, 0.15) is 12.4 Å². The number of hydrogen-bond acceptors (Lipinski definition) is 5. The number of methoxy groups -OCH3 is 2. The monoisotopic (exact) mass is 318 g/mol. The maximum Gasteiger partial charge on any atom is 0.310 e. The molecule has 0 aliphatic carbocycles. The van der Waals surface area contributed by atoms with E-state index in [2.05, 4.69) is 0 Å². The third kappa shape index (κ3) is 5.54. The van der Waals surface area contributed by atoms with Crippen molar-refractivity contribution in [3.8, 4) is 5.75 Å². The highest BCUT2D eigenvalue weighted by atomic mass is 16.6. The van der Waals surface area contributed by atoms with Gasteiger partial charge < -0.3 is 18.9 Å². The van der Waals surface area contributed by atoms with E-state index < -0.39 is 0 Å². The van der Waals surface area contributed by atoms with Gasteiger partial charge in [-0.05, 0) is 28.5 Å². The molecule has 0 bridgehead atoms. The summed E-state index contributed by atoms with van der Waals surface area (Å²) in [5.41, 5.74) is 0.924. The number of benzene rings is 2. The van der Waals surface area contributed by atoms with Crippen LogP contribution >= 0.6 is 0 Å². The van der Waals surface area contributed by atoms with Crippen LogP contribution in [-0.2, 0) is 25.4 Å². The molecule has 0 fully saturated rings. The Kier molecular flexibility index (Phi) is 6.84. The first-order valence-electron chi connectivity index (χ1n) is 7.52. The number of carbonyl (C=O) groups excluding carboxylic acids is 1. The highest BCUT2D eigenvalue weighted by Crippen LogP contribution is 2.22. The van der Waals surface area contributed by atoms with E-state index in [9.17, 15) is 4.79 Å². The van der Waals surface area contributed by atoms with Crippen molar-refractivity contribution in [1.82, 2.24) is 0 Å². The number of rotatable bonds is 9. The van der Waals surface area contributed by atoms with E-state index in [-0.39, 0.29) is 19.0 Å². The molecular formula is C18H22O5. The van der Waals surface area contributed by atoms with Crippen molar-refractivity contribution < 1.29 is 23.7 Å². The number of hydrogen-bond donors (Lipinski definition) is 0. The lowest BCUT2D eigenvalue weighted by Crippen LogP contribution is -2.14. The van der Waals surface area contributed by atoms with Gasteiger partial charge in [0.05, 0.1) is 33.4 Å². The summed E-state index contributed by atoms with van der Waals surface area (Å²) in [6.07, 6.45) is 0.250. The van der Waals surface area contributed by atoms with Crippen molar-refractivity contribution in [2.45, 2.75) is 6.42 Å². The van der Waals surface area contributed by atoms with Gasteiger partial charge in [-0.2, -0.15) is 0 Å². The summed E-state index contributed by atoms with van der Waals surface area (Å²) in [7, 11) is 3.26. The fraction of sp³-hybridized carbons (Fsp3) is 0.389. The second-order valence-electron chi connectivity index (χ2n) is 5.05. The van der Waals surface area contributed by atoms with Crippen LogP contribution in [-0.4, -0.2) is 46.6 Å². The zero-order chi connectivity index (χ0) is 16.5. The van der Waals surface area contributed by atoms with Crippen LogP contribution in [0.3, 0.4) is 0 Å². The average molecular weight is 318 g/mol. The molecule has 0 radical (unpaired) electrons. The minimum Gasteiger partial charge on any atom is -0.497 e. The Labute approximate surface area is 136 Å². The topological polar surface area (TPSA) is 54.0 Å². The Hall–Kier alpha value is -2.11. The van der Waals surface area contributed by atoms with Gasteiger partial charge in [0.15, 0.2) is 0 Å². The van der Waals surface area contributed by atoms with E-state index in [4.69, 9.17) is 18.9 Å². The van der Waals surface area contributed by atoms with Crippen molar-refractivity contribution in [2.24, 2.45) is 0 Å². The first-order valence-corrected chi connectivity index (χ1v) is 7.52. The van der Waals surface area contributed by atoms with E-state index >= 15 is 0 Å². The van der Waals surface area contributed by atoms with Crippen LogP contribution in [0.2, 0.25) is 0 Å². The standard InChI is InChI=1S/C18H22O5/c1-20-7-8-22-9-10-23-18(19)12-14-3-4-16-13-17(21-2)6-5-15(16)11-14/h3-6,11,13H,7-10,12H2,1-2H3. The molecule has 23 heavy (non-hydrogen) atoms. The second-order valence-corrected chi connectivity index (χ2v) is 5.05. The molecule has 0 saturated carbocycles. The van der Waals surface area contributed by atoms with Gasteiger partial charge in [-0.25, -0.2) is 0 Å². The molecule has 0 unspecified atom stereocenters. The molecule has 0 aliphatic heterocycles. The van der Waals surface area contributed by atoms with Crippen molar-refractivity contribution in [1.29, 1.82) is 0 Å². The number of carbonyl (C=O) groups is 1. The molecule has 124 valence electrons. The highest BCUT2D eigenvalue weighted by molar-refractivity contribution is 5.85. The van der Waals surface area contributed by atoms with E-state index in [1.165, 1.54) is 0 Å². The predicted octanol–water partition coefficient (Wildman–Crippen LogP) is 2.60.